The third kappa shape index (κ3) is 4.22. The smallest absolute Gasteiger partial charge is 0.264 e. The minimum absolute atomic E-state index is 0.108. The number of hydrogen-bond acceptors (Lipinski definition) is 8. The van der Waals surface area contributed by atoms with Crippen LogP contribution >= 0.6 is 0 Å². The molecule has 3 rings (SSSR count). The lowest BCUT2D eigenvalue weighted by atomic mass is 10.2. The van der Waals surface area contributed by atoms with E-state index in [1.165, 1.54) is 0 Å². The highest BCUT2D eigenvalue weighted by Gasteiger charge is 2.13. The van der Waals surface area contributed by atoms with Crippen LogP contribution < -0.4 is 23.7 Å². The lowest BCUT2D eigenvalue weighted by molar-refractivity contribution is 0.241. The van der Waals surface area contributed by atoms with Crippen LogP contribution in [0, 0.1) is 0 Å². The topological polar surface area (TPSA) is 85.1 Å². The molecule has 2 aromatic carbocycles. The highest BCUT2D eigenvalue weighted by molar-refractivity contribution is 5.60. The molecule has 8 nitrogen and oxygen atoms in total. The third-order valence-electron chi connectivity index (χ3n) is 3.80. The summed E-state index contributed by atoms with van der Waals surface area (Å²) in [5.41, 5.74) is 0.741. The number of benzene rings is 2. The molecule has 0 saturated carbocycles. The molecule has 8 heteroatoms. The van der Waals surface area contributed by atoms with Crippen molar-refractivity contribution in [2.24, 2.45) is 0 Å². The molecule has 0 aliphatic heterocycles. The second-order valence-electron chi connectivity index (χ2n) is 5.42. The second-order valence-corrected chi connectivity index (χ2v) is 5.42. The number of aromatic nitrogens is 2. The van der Waals surface area contributed by atoms with Crippen LogP contribution in [0.4, 0.5) is 0 Å². The number of rotatable bonds is 8. The highest BCUT2D eigenvalue weighted by Crippen LogP contribution is 2.31. The Labute approximate surface area is 156 Å². The average Bonchev–Trinajstić information content (AvgIpc) is 3.20. The Morgan fingerprint density at radius 3 is 2.07 bits per heavy atom. The van der Waals surface area contributed by atoms with Gasteiger partial charge in [-0.05, 0) is 18.2 Å². The zero-order chi connectivity index (χ0) is 19.2. The molecular weight excluding hydrogens is 352 g/mol. The van der Waals surface area contributed by atoms with Gasteiger partial charge in [0.05, 0.1) is 28.4 Å². The van der Waals surface area contributed by atoms with Crippen LogP contribution in [0.1, 0.15) is 5.89 Å². The van der Waals surface area contributed by atoms with Crippen molar-refractivity contribution >= 4 is 0 Å². The van der Waals surface area contributed by atoms with Crippen molar-refractivity contribution in [1.82, 2.24) is 10.1 Å². The Balaban J connectivity index is 1.73. The minimum Gasteiger partial charge on any atom is -0.496 e. The van der Waals surface area contributed by atoms with Crippen molar-refractivity contribution in [1.29, 1.82) is 0 Å². The Morgan fingerprint density at radius 2 is 1.44 bits per heavy atom. The molecule has 0 atom stereocenters. The fourth-order valence-electron chi connectivity index (χ4n) is 2.42. The van der Waals surface area contributed by atoms with Crippen molar-refractivity contribution in [3.63, 3.8) is 0 Å². The summed E-state index contributed by atoms with van der Waals surface area (Å²) in [6.45, 7) is 0.108. The minimum atomic E-state index is 0.108. The summed E-state index contributed by atoms with van der Waals surface area (Å²) in [7, 11) is 6.30. The molecule has 3 aromatic rings. The first-order valence-corrected chi connectivity index (χ1v) is 8.07. The molecule has 27 heavy (non-hydrogen) atoms. The molecule has 0 spiro atoms. The van der Waals surface area contributed by atoms with Crippen LogP contribution in [0.2, 0.25) is 0 Å². The SMILES string of the molecule is COc1cc(OC)cc(OCc2nc(-c3ccc(OC)c(OC)c3)no2)c1. The van der Waals surface area contributed by atoms with Crippen LogP contribution in [0.15, 0.2) is 40.9 Å². The van der Waals surface area contributed by atoms with E-state index in [4.69, 9.17) is 28.2 Å². The van der Waals surface area contributed by atoms with E-state index < -0.39 is 0 Å². The van der Waals surface area contributed by atoms with Gasteiger partial charge in [-0.15, -0.1) is 0 Å². The van der Waals surface area contributed by atoms with Gasteiger partial charge in [0.15, 0.2) is 18.1 Å². The summed E-state index contributed by atoms with van der Waals surface area (Å²) in [4.78, 5) is 4.35. The number of hydrogen-bond donors (Lipinski definition) is 0. The van der Waals surface area contributed by atoms with Gasteiger partial charge in [0.25, 0.3) is 5.89 Å². The Bertz CT molecular complexity index is 887. The lowest BCUT2D eigenvalue weighted by Crippen LogP contribution is -1.97. The summed E-state index contributed by atoms with van der Waals surface area (Å²) in [6.07, 6.45) is 0. The predicted molar refractivity (Wildman–Crippen MR) is 96.7 cm³/mol. The van der Waals surface area contributed by atoms with Crippen LogP contribution in [-0.4, -0.2) is 38.6 Å². The van der Waals surface area contributed by atoms with Crippen LogP contribution in [0.25, 0.3) is 11.4 Å². The zero-order valence-electron chi connectivity index (χ0n) is 15.5. The molecule has 0 aliphatic rings. The van der Waals surface area contributed by atoms with Gasteiger partial charge >= 0.3 is 0 Å². The van der Waals surface area contributed by atoms with Gasteiger partial charge in [-0.2, -0.15) is 4.98 Å². The monoisotopic (exact) mass is 372 g/mol. The van der Waals surface area contributed by atoms with Crippen molar-refractivity contribution < 1.29 is 28.2 Å². The van der Waals surface area contributed by atoms with E-state index in [0.717, 1.165) is 5.56 Å². The van der Waals surface area contributed by atoms with Gasteiger partial charge in [-0.25, -0.2) is 0 Å². The summed E-state index contributed by atoms with van der Waals surface area (Å²) >= 11 is 0. The van der Waals surface area contributed by atoms with Crippen molar-refractivity contribution in [3.8, 4) is 40.1 Å². The largest absolute Gasteiger partial charge is 0.496 e. The molecular formula is C19H20N2O6. The first-order valence-electron chi connectivity index (χ1n) is 8.07. The molecule has 0 bridgehead atoms. The van der Waals surface area contributed by atoms with E-state index in [1.807, 2.05) is 6.07 Å². The molecule has 0 radical (unpaired) electrons. The fourth-order valence-corrected chi connectivity index (χ4v) is 2.42. The zero-order valence-corrected chi connectivity index (χ0v) is 15.5. The summed E-state index contributed by atoms with van der Waals surface area (Å²) in [5, 5.41) is 3.99. The molecule has 0 unspecified atom stereocenters. The highest BCUT2D eigenvalue weighted by atomic mass is 16.5. The molecule has 142 valence electrons. The van der Waals surface area contributed by atoms with Gasteiger partial charge < -0.3 is 28.2 Å². The van der Waals surface area contributed by atoms with Gasteiger partial charge in [0.1, 0.15) is 17.2 Å². The standard InChI is InChI=1S/C19H20N2O6/c1-22-13-8-14(23-2)10-15(9-13)26-11-18-20-19(21-27-18)12-5-6-16(24-3)17(7-12)25-4/h5-10H,11H2,1-4H3. The Kier molecular flexibility index (Phi) is 5.65. The maximum absolute atomic E-state index is 5.71. The Hall–Kier alpha value is -3.42. The lowest BCUT2D eigenvalue weighted by Gasteiger charge is -2.08. The normalized spacial score (nSPS) is 10.4. The molecule has 0 saturated heterocycles. The van der Waals surface area contributed by atoms with Crippen molar-refractivity contribution in [2.75, 3.05) is 28.4 Å². The van der Waals surface area contributed by atoms with E-state index in [0.29, 0.717) is 40.5 Å². The first kappa shape index (κ1) is 18.4. The van der Waals surface area contributed by atoms with Crippen LogP contribution in [-0.2, 0) is 6.61 Å². The van der Waals surface area contributed by atoms with E-state index in [2.05, 4.69) is 10.1 Å². The number of methoxy groups -OCH3 is 4. The Morgan fingerprint density at radius 1 is 0.778 bits per heavy atom. The molecule has 0 amide bonds. The maximum atomic E-state index is 5.71. The van der Waals surface area contributed by atoms with Crippen molar-refractivity contribution in [2.45, 2.75) is 6.61 Å². The first-order chi connectivity index (χ1) is 13.2. The fraction of sp³-hybridized carbons (Fsp3) is 0.263. The summed E-state index contributed by atoms with van der Waals surface area (Å²) in [5.74, 6) is 3.79. The molecule has 0 fully saturated rings. The molecule has 0 aliphatic carbocycles. The van der Waals surface area contributed by atoms with E-state index in [-0.39, 0.29) is 6.61 Å². The van der Waals surface area contributed by atoms with Crippen LogP contribution in [0.5, 0.6) is 28.7 Å². The maximum Gasteiger partial charge on any atom is 0.264 e. The van der Waals surface area contributed by atoms with E-state index in [9.17, 15) is 0 Å². The van der Waals surface area contributed by atoms with Crippen molar-refractivity contribution in [3.05, 3.63) is 42.3 Å². The van der Waals surface area contributed by atoms with E-state index >= 15 is 0 Å². The number of nitrogens with zero attached hydrogens (tertiary/aromatic N) is 2. The van der Waals surface area contributed by atoms with Gasteiger partial charge in [-0.3, -0.25) is 0 Å². The van der Waals surface area contributed by atoms with Gasteiger partial charge in [-0.1, -0.05) is 5.16 Å². The van der Waals surface area contributed by atoms with Gasteiger partial charge in [0, 0.05) is 23.8 Å². The average molecular weight is 372 g/mol. The number of ether oxygens (including phenoxy) is 5. The summed E-state index contributed by atoms with van der Waals surface area (Å²) in [6, 6.07) is 10.6. The predicted octanol–water partition coefficient (Wildman–Crippen LogP) is 3.35. The van der Waals surface area contributed by atoms with Crippen LogP contribution in [0.3, 0.4) is 0 Å². The molecule has 1 heterocycles. The van der Waals surface area contributed by atoms with Gasteiger partial charge in [0.2, 0.25) is 5.82 Å². The quantitative estimate of drug-likeness (QED) is 0.595. The summed E-state index contributed by atoms with van der Waals surface area (Å²) < 4.78 is 31.9. The molecule has 1 aromatic heterocycles. The second kappa shape index (κ2) is 8.31. The molecule has 0 N–H and O–H groups in total. The van der Waals surface area contributed by atoms with E-state index in [1.54, 1.807) is 58.8 Å². The third-order valence-corrected chi connectivity index (χ3v) is 3.80.